The Bertz CT molecular complexity index is 1050. The van der Waals surface area contributed by atoms with Gasteiger partial charge in [-0.2, -0.15) is 9.78 Å². The molecule has 1 aliphatic heterocycles. The van der Waals surface area contributed by atoms with Gasteiger partial charge in [-0.3, -0.25) is 4.57 Å². The van der Waals surface area contributed by atoms with E-state index in [0.717, 1.165) is 55.7 Å². The summed E-state index contributed by atoms with van der Waals surface area (Å²) >= 11 is 5.84. The molecule has 0 bridgehead atoms. The average molecular weight is 425 g/mol. The number of aromatic nitrogens is 3. The molecule has 1 N–H and O–H groups in total. The van der Waals surface area contributed by atoms with Crippen LogP contribution in [0.2, 0.25) is 0 Å². The molecule has 2 heterocycles. The monoisotopic (exact) mass is 424 g/mol. The molecular formula is C23H27FN5S+. The van der Waals surface area contributed by atoms with Gasteiger partial charge in [-0.1, -0.05) is 30.3 Å². The summed E-state index contributed by atoms with van der Waals surface area (Å²) in [6, 6.07) is 17.3. The first-order valence-electron chi connectivity index (χ1n) is 10.7. The Morgan fingerprint density at radius 2 is 1.70 bits per heavy atom. The van der Waals surface area contributed by atoms with E-state index < -0.39 is 0 Å². The van der Waals surface area contributed by atoms with Crippen molar-refractivity contribution in [1.82, 2.24) is 14.3 Å². The van der Waals surface area contributed by atoms with Crippen molar-refractivity contribution in [2.45, 2.75) is 32.0 Å². The predicted molar refractivity (Wildman–Crippen MR) is 118 cm³/mol. The maximum Gasteiger partial charge on any atom is 0.203 e. The number of halogens is 1. The van der Waals surface area contributed by atoms with Gasteiger partial charge < -0.3 is 9.80 Å². The molecule has 1 aliphatic carbocycles. The standard InChI is InChI=1S/C23H26FN5S/c24-20-8-10-21(11-9-20)27-14-12-26(13-15-27)17-29-23(30)28(22(25-29)19-6-7-19)16-18-4-2-1-3-5-18/h1-5,8-11,19H,6-7,12-17H2/p+1. The zero-order valence-electron chi connectivity index (χ0n) is 17.0. The Morgan fingerprint density at radius 1 is 1.00 bits per heavy atom. The number of piperazine rings is 1. The molecule has 0 atom stereocenters. The van der Waals surface area contributed by atoms with Crippen molar-refractivity contribution >= 4 is 17.9 Å². The molecule has 5 rings (SSSR count). The molecule has 1 saturated heterocycles. The van der Waals surface area contributed by atoms with Gasteiger partial charge in [0.05, 0.1) is 32.7 Å². The first-order valence-corrected chi connectivity index (χ1v) is 11.1. The Morgan fingerprint density at radius 3 is 2.37 bits per heavy atom. The van der Waals surface area contributed by atoms with Crippen LogP contribution in [0.3, 0.4) is 0 Å². The molecule has 156 valence electrons. The third-order valence-corrected chi connectivity index (χ3v) is 6.54. The van der Waals surface area contributed by atoms with Crippen LogP contribution in [0.1, 0.15) is 30.1 Å². The molecule has 0 spiro atoms. The lowest BCUT2D eigenvalue weighted by Crippen LogP contribution is -3.14. The number of benzene rings is 2. The zero-order valence-corrected chi connectivity index (χ0v) is 17.8. The lowest BCUT2D eigenvalue weighted by molar-refractivity contribution is -0.924. The number of nitrogens with one attached hydrogen (secondary N) is 1. The van der Waals surface area contributed by atoms with Gasteiger partial charge in [0.15, 0.2) is 6.67 Å². The first-order chi connectivity index (χ1) is 14.7. The van der Waals surface area contributed by atoms with Crippen molar-refractivity contribution < 1.29 is 9.29 Å². The van der Waals surface area contributed by atoms with E-state index >= 15 is 0 Å². The second-order valence-corrected chi connectivity index (χ2v) is 8.72. The molecule has 2 aromatic carbocycles. The molecule has 7 heteroatoms. The largest absolute Gasteiger partial charge is 0.360 e. The van der Waals surface area contributed by atoms with E-state index in [1.54, 1.807) is 0 Å². The highest BCUT2D eigenvalue weighted by molar-refractivity contribution is 7.71. The van der Waals surface area contributed by atoms with Gasteiger partial charge in [-0.25, -0.2) is 4.39 Å². The summed E-state index contributed by atoms with van der Waals surface area (Å²) < 4.78 is 18.3. The molecule has 30 heavy (non-hydrogen) atoms. The van der Waals surface area contributed by atoms with Crippen LogP contribution >= 0.6 is 12.2 Å². The highest BCUT2D eigenvalue weighted by Crippen LogP contribution is 2.39. The van der Waals surface area contributed by atoms with Crippen LogP contribution in [0.25, 0.3) is 0 Å². The van der Waals surface area contributed by atoms with Crippen LogP contribution in [0.5, 0.6) is 0 Å². The fraction of sp³-hybridized carbons (Fsp3) is 0.391. The van der Waals surface area contributed by atoms with Crippen LogP contribution in [-0.2, 0) is 13.2 Å². The fourth-order valence-electron chi connectivity index (χ4n) is 4.22. The molecule has 1 aromatic heterocycles. The van der Waals surface area contributed by atoms with E-state index in [2.05, 4.69) is 33.7 Å². The minimum atomic E-state index is -0.185. The van der Waals surface area contributed by atoms with Crippen LogP contribution in [0.4, 0.5) is 10.1 Å². The van der Waals surface area contributed by atoms with Crippen molar-refractivity contribution in [3.8, 4) is 0 Å². The predicted octanol–water partition coefficient (Wildman–Crippen LogP) is 2.84. The van der Waals surface area contributed by atoms with Gasteiger partial charge in [0.1, 0.15) is 11.6 Å². The van der Waals surface area contributed by atoms with Gasteiger partial charge in [0.25, 0.3) is 0 Å². The van der Waals surface area contributed by atoms with Crippen LogP contribution in [0.15, 0.2) is 54.6 Å². The number of hydrogen-bond donors (Lipinski definition) is 1. The zero-order chi connectivity index (χ0) is 20.5. The summed E-state index contributed by atoms with van der Waals surface area (Å²) in [6.07, 6.45) is 2.42. The van der Waals surface area contributed by atoms with E-state index in [1.165, 1.54) is 35.4 Å². The van der Waals surface area contributed by atoms with Crippen molar-refractivity contribution in [3.63, 3.8) is 0 Å². The highest BCUT2D eigenvalue weighted by atomic mass is 32.1. The number of hydrogen-bond acceptors (Lipinski definition) is 3. The molecule has 2 fully saturated rings. The molecule has 1 saturated carbocycles. The second kappa shape index (κ2) is 8.32. The SMILES string of the molecule is Fc1ccc(N2CC[NH+](Cn3nc(C4CC4)n(Cc4ccccc4)c3=S)CC2)cc1. The Hall–Kier alpha value is -2.51. The second-order valence-electron chi connectivity index (χ2n) is 8.36. The molecule has 3 aromatic rings. The lowest BCUT2D eigenvalue weighted by Gasteiger charge is -2.33. The van der Waals surface area contributed by atoms with E-state index in [1.807, 2.05) is 22.9 Å². The maximum absolute atomic E-state index is 13.2. The maximum atomic E-state index is 13.2. The van der Waals surface area contributed by atoms with E-state index in [4.69, 9.17) is 17.3 Å². The van der Waals surface area contributed by atoms with Gasteiger partial charge >= 0.3 is 0 Å². The molecular weight excluding hydrogens is 397 g/mol. The van der Waals surface area contributed by atoms with Gasteiger partial charge in [-0.05, 0) is 54.9 Å². The minimum Gasteiger partial charge on any atom is -0.360 e. The molecule has 2 aliphatic rings. The third kappa shape index (κ3) is 4.18. The van der Waals surface area contributed by atoms with Crippen LogP contribution < -0.4 is 9.80 Å². The van der Waals surface area contributed by atoms with Crippen molar-refractivity contribution in [2.75, 3.05) is 31.1 Å². The van der Waals surface area contributed by atoms with E-state index in [9.17, 15) is 4.39 Å². The number of nitrogens with zero attached hydrogens (tertiary/aromatic N) is 4. The summed E-state index contributed by atoms with van der Waals surface area (Å²) in [5, 5.41) is 4.95. The Labute approximate surface area is 181 Å². The fourth-order valence-corrected chi connectivity index (χ4v) is 4.49. The van der Waals surface area contributed by atoms with Crippen LogP contribution in [0, 0.1) is 10.6 Å². The minimum absolute atomic E-state index is 0.185. The van der Waals surface area contributed by atoms with Gasteiger partial charge in [0.2, 0.25) is 4.77 Å². The Kier molecular flexibility index (Phi) is 5.39. The summed E-state index contributed by atoms with van der Waals surface area (Å²) in [5.74, 6) is 1.52. The van der Waals surface area contributed by atoms with Crippen LogP contribution in [-0.4, -0.2) is 40.5 Å². The quantitative estimate of drug-likeness (QED) is 0.618. The third-order valence-electron chi connectivity index (χ3n) is 6.11. The smallest absolute Gasteiger partial charge is 0.203 e. The van der Waals surface area contributed by atoms with E-state index in [0.29, 0.717) is 5.92 Å². The normalized spacial score (nSPS) is 17.4. The summed E-state index contributed by atoms with van der Waals surface area (Å²) in [5.41, 5.74) is 2.35. The molecule has 0 unspecified atom stereocenters. The summed E-state index contributed by atoms with van der Waals surface area (Å²) in [6.45, 7) is 5.53. The van der Waals surface area contributed by atoms with Crippen molar-refractivity contribution in [2.24, 2.45) is 0 Å². The molecule has 5 nitrogen and oxygen atoms in total. The highest BCUT2D eigenvalue weighted by Gasteiger charge is 2.31. The molecule has 0 amide bonds. The average Bonchev–Trinajstić information content (AvgIpc) is 3.58. The lowest BCUT2D eigenvalue weighted by atomic mass is 10.2. The topological polar surface area (TPSA) is 30.4 Å². The van der Waals surface area contributed by atoms with Gasteiger partial charge in [0, 0.05) is 11.6 Å². The van der Waals surface area contributed by atoms with E-state index in [-0.39, 0.29) is 5.82 Å². The summed E-state index contributed by atoms with van der Waals surface area (Å²) in [4.78, 5) is 3.81. The van der Waals surface area contributed by atoms with Crippen molar-refractivity contribution in [1.29, 1.82) is 0 Å². The summed E-state index contributed by atoms with van der Waals surface area (Å²) in [7, 11) is 0. The number of rotatable bonds is 6. The number of quaternary nitrogens is 1. The van der Waals surface area contributed by atoms with Crippen molar-refractivity contribution in [3.05, 3.63) is 76.6 Å². The first kappa shape index (κ1) is 19.5. The van der Waals surface area contributed by atoms with Gasteiger partial charge in [-0.15, -0.1) is 0 Å². The Balaban J connectivity index is 1.28. The number of anilines is 1. The molecule has 0 radical (unpaired) electrons.